The SMILES string of the molecule is CCCN(CCC)C(=O)c1cccc(NCC(=O)Nc2ccc(C(=O)N(C)C)cc2)c1. The van der Waals surface area contributed by atoms with Crippen LogP contribution < -0.4 is 10.6 Å². The lowest BCUT2D eigenvalue weighted by atomic mass is 10.1. The second kappa shape index (κ2) is 11.7. The highest BCUT2D eigenvalue weighted by molar-refractivity contribution is 5.97. The maximum atomic E-state index is 12.8. The molecule has 0 fully saturated rings. The van der Waals surface area contributed by atoms with Crippen LogP contribution in [0.25, 0.3) is 0 Å². The van der Waals surface area contributed by atoms with Crippen molar-refractivity contribution in [2.75, 3.05) is 44.4 Å². The van der Waals surface area contributed by atoms with E-state index in [0.29, 0.717) is 22.5 Å². The molecule has 0 aliphatic heterocycles. The van der Waals surface area contributed by atoms with Gasteiger partial charge in [-0.25, -0.2) is 0 Å². The Morgan fingerprint density at radius 1 is 0.806 bits per heavy atom. The quantitative estimate of drug-likeness (QED) is 0.609. The molecule has 0 saturated carbocycles. The molecule has 2 N–H and O–H groups in total. The molecular formula is C24H32N4O3. The number of benzene rings is 2. The van der Waals surface area contributed by atoms with E-state index in [1.165, 1.54) is 4.90 Å². The van der Waals surface area contributed by atoms with Crippen LogP contribution in [-0.4, -0.2) is 61.3 Å². The molecule has 2 aromatic carbocycles. The molecule has 0 heterocycles. The molecule has 0 unspecified atom stereocenters. The van der Waals surface area contributed by atoms with Crippen LogP contribution >= 0.6 is 0 Å². The third kappa shape index (κ3) is 7.13. The number of amides is 3. The fraction of sp³-hybridized carbons (Fsp3) is 0.375. The third-order valence-electron chi connectivity index (χ3n) is 4.66. The molecule has 166 valence electrons. The maximum Gasteiger partial charge on any atom is 0.253 e. The van der Waals surface area contributed by atoms with Crippen molar-refractivity contribution in [2.24, 2.45) is 0 Å². The van der Waals surface area contributed by atoms with Gasteiger partial charge in [0.15, 0.2) is 0 Å². The summed E-state index contributed by atoms with van der Waals surface area (Å²) >= 11 is 0. The van der Waals surface area contributed by atoms with Gasteiger partial charge >= 0.3 is 0 Å². The molecule has 2 aromatic rings. The summed E-state index contributed by atoms with van der Waals surface area (Å²) in [6.45, 7) is 5.63. The van der Waals surface area contributed by atoms with Crippen molar-refractivity contribution in [1.29, 1.82) is 0 Å². The number of hydrogen-bond acceptors (Lipinski definition) is 4. The summed E-state index contributed by atoms with van der Waals surface area (Å²) in [6, 6.07) is 14.0. The Hall–Kier alpha value is -3.35. The average molecular weight is 425 g/mol. The van der Waals surface area contributed by atoms with E-state index in [2.05, 4.69) is 24.5 Å². The van der Waals surface area contributed by atoms with Gasteiger partial charge in [0.05, 0.1) is 6.54 Å². The summed E-state index contributed by atoms with van der Waals surface area (Å²) in [7, 11) is 3.38. The fourth-order valence-corrected chi connectivity index (χ4v) is 3.14. The van der Waals surface area contributed by atoms with Crippen LogP contribution in [0.2, 0.25) is 0 Å². The summed E-state index contributed by atoms with van der Waals surface area (Å²) in [5.74, 6) is -0.309. The third-order valence-corrected chi connectivity index (χ3v) is 4.66. The smallest absolute Gasteiger partial charge is 0.253 e. The Balaban J connectivity index is 1.94. The topological polar surface area (TPSA) is 81.8 Å². The fourth-order valence-electron chi connectivity index (χ4n) is 3.14. The molecule has 0 aliphatic carbocycles. The van der Waals surface area contributed by atoms with Crippen LogP contribution in [0.5, 0.6) is 0 Å². The summed E-state index contributed by atoms with van der Waals surface area (Å²) in [5.41, 5.74) is 2.48. The van der Waals surface area contributed by atoms with E-state index in [-0.39, 0.29) is 24.3 Å². The first-order chi connectivity index (χ1) is 14.8. The number of carbonyl (C=O) groups is 3. The number of anilines is 2. The number of nitrogens with one attached hydrogen (secondary N) is 2. The molecule has 7 heteroatoms. The van der Waals surface area contributed by atoms with Crippen molar-refractivity contribution in [3.63, 3.8) is 0 Å². The Morgan fingerprint density at radius 3 is 2.03 bits per heavy atom. The van der Waals surface area contributed by atoms with Gasteiger partial charge in [0.25, 0.3) is 11.8 Å². The predicted octanol–water partition coefficient (Wildman–Crippen LogP) is 3.70. The van der Waals surface area contributed by atoms with Crippen LogP contribution in [0.15, 0.2) is 48.5 Å². The zero-order valence-electron chi connectivity index (χ0n) is 18.8. The van der Waals surface area contributed by atoms with E-state index in [1.807, 2.05) is 17.0 Å². The van der Waals surface area contributed by atoms with Gasteiger partial charge in [-0.3, -0.25) is 14.4 Å². The number of carbonyl (C=O) groups excluding carboxylic acids is 3. The molecule has 0 aliphatic rings. The summed E-state index contributed by atoms with van der Waals surface area (Å²) in [5, 5.41) is 5.86. The molecule has 0 aromatic heterocycles. The van der Waals surface area contributed by atoms with Crippen LogP contribution in [0.1, 0.15) is 47.4 Å². The minimum atomic E-state index is -0.220. The van der Waals surface area contributed by atoms with Gasteiger partial charge in [0.2, 0.25) is 5.91 Å². The number of nitrogens with zero attached hydrogens (tertiary/aromatic N) is 2. The molecule has 0 atom stereocenters. The summed E-state index contributed by atoms with van der Waals surface area (Å²) < 4.78 is 0. The zero-order valence-corrected chi connectivity index (χ0v) is 18.8. The van der Waals surface area contributed by atoms with E-state index >= 15 is 0 Å². The van der Waals surface area contributed by atoms with E-state index in [9.17, 15) is 14.4 Å². The highest BCUT2D eigenvalue weighted by Crippen LogP contribution is 2.14. The minimum absolute atomic E-state index is 0.00385. The van der Waals surface area contributed by atoms with E-state index in [0.717, 1.165) is 25.9 Å². The Bertz CT molecular complexity index is 888. The van der Waals surface area contributed by atoms with Gasteiger partial charge in [-0.1, -0.05) is 19.9 Å². The van der Waals surface area contributed by atoms with Crippen molar-refractivity contribution < 1.29 is 14.4 Å². The largest absolute Gasteiger partial charge is 0.376 e. The Morgan fingerprint density at radius 2 is 1.45 bits per heavy atom. The van der Waals surface area contributed by atoms with Gasteiger partial charge in [0.1, 0.15) is 0 Å². The van der Waals surface area contributed by atoms with Crippen LogP contribution in [0.3, 0.4) is 0 Å². The van der Waals surface area contributed by atoms with E-state index < -0.39 is 0 Å². The lowest BCUT2D eigenvalue weighted by Crippen LogP contribution is -2.32. The number of rotatable bonds is 10. The molecule has 0 spiro atoms. The lowest BCUT2D eigenvalue weighted by molar-refractivity contribution is -0.114. The normalized spacial score (nSPS) is 10.3. The van der Waals surface area contributed by atoms with E-state index in [1.54, 1.807) is 50.5 Å². The van der Waals surface area contributed by atoms with Crippen LogP contribution in [0.4, 0.5) is 11.4 Å². The first-order valence-electron chi connectivity index (χ1n) is 10.6. The van der Waals surface area contributed by atoms with Crippen LogP contribution in [-0.2, 0) is 4.79 Å². The highest BCUT2D eigenvalue weighted by atomic mass is 16.2. The lowest BCUT2D eigenvalue weighted by Gasteiger charge is -2.21. The van der Waals surface area contributed by atoms with Crippen molar-refractivity contribution in [3.8, 4) is 0 Å². The first-order valence-corrected chi connectivity index (χ1v) is 10.6. The molecule has 0 bridgehead atoms. The highest BCUT2D eigenvalue weighted by Gasteiger charge is 2.14. The molecule has 3 amide bonds. The first kappa shape index (κ1) is 23.9. The summed E-state index contributed by atoms with van der Waals surface area (Å²) in [4.78, 5) is 40.3. The standard InChI is InChI=1S/C24H32N4O3/c1-5-14-28(15-6-2)24(31)19-8-7-9-21(16-19)25-17-22(29)26-20-12-10-18(11-13-20)23(30)27(3)4/h7-13,16,25H,5-6,14-15,17H2,1-4H3,(H,26,29). The predicted molar refractivity (Wildman–Crippen MR) is 125 cm³/mol. The molecule has 31 heavy (non-hydrogen) atoms. The molecule has 0 radical (unpaired) electrons. The van der Waals surface area contributed by atoms with Crippen molar-refractivity contribution in [3.05, 3.63) is 59.7 Å². The zero-order chi connectivity index (χ0) is 22.8. The Kier molecular flexibility index (Phi) is 9.06. The van der Waals surface area contributed by atoms with E-state index in [4.69, 9.17) is 0 Å². The second-order valence-corrected chi connectivity index (χ2v) is 7.55. The molecule has 7 nitrogen and oxygen atoms in total. The van der Waals surface area contributed by atoms with Gasteiger partial charge in [-0.15, -0.1) is 0 Å². The molecule has 0 saturated heterocycles. The second-order valence-electron chi connectivity index (χ2n) is 7.55. The Labute approximate surface area is 184 Å². The maximum absolute atomic E-state index is 12.8. The van der Waals surface area contributed by atoms with Crippen molar-refractivity contribution in [1.82, 2.24) is 9.80 Å². The van der Waals surface area contributed by atoms with Gasteiger partial charge in [-0.2, -0.15) is 0 Å². The van der Waals surface area contributed by atoms with Crippen molar-refractivity contribution in [2.45, 2.75) is 26.7 Å². The number of hydrogen-bond donors (Lipinski definition) is 2. The average Bonchev–Trinajstić information content (AvgIpc) is 2.77. The van der Waals surface area contributed by atoms with Gasteiger partial charge in [0, 0.05) is 49.7 Å². The monoisotopic (exact) mass is 424 g/mol. The van der Waals surface area contributed by atoms with Gasteiger partial charge < -0.3 is 20.4 Å². The minimum Gasteiger partial charge on any atom is -0.376 e. The van der Waals surface area contributed by atoms with Crippen molar-refractivity contribution >= 4 is 29.1 Å². The molecule has 2 rings (SSSR count). The van der Waals surface area contributed by atoms with Crippen LogP contribution in [0, 0.1) is 0 Å². The summed E-state index contributed by atoms with van der Waals surface area (Å²) in [6.07, 6.45) is 1.82. The van der Waals surface area contributed by atoms with Gasteiger partial charge in [-0.05, 0) is 55.3 Å². The molecular weight excluding hydrogens is 392 g/mol.